The molecule has 0 spiro atoms. The van der Waals surface area contributed by atoms with Gasteiger partial charge in [0.2, 0.25) is 0 Å². The zero-order valence-corrected chi connectivity index (χ0v) is 36.3. The second kappa shape index (κ2) is 36.8. The van der Waals surface area contributed by atoms with Crippen molar-refractivity contribution in [3.8, 4) is 0 Å². The Morgan fingerprint density at radius 1 is 0.574 bits per heavy atom. The van der Waals surface area contributed by atoms with Crippen LogP contribution in [-0.4, -0.2) is 70.0 Å². The maximum atomic E-state index is 12.6. The molecule has 10 heteroatoms. The van der Waals surface area contributed by atoms with E-state index in [4.69, 9.17) is 18.5 Å². The molecule has 0 saturated carbocycles. The van der Waals surface area contributed by atoms with Gasteiger partial charge in [0.25, 0.3) is 7.82 Å². The van der Waals surface area contributed by atoms with Gasteiger partial charge in [0.15, 0.2) is 6.10 Å². The number of hydrogen-bond acceptors (Lipinski definition) is 8. The lowest BCUT2D eigenvalue weighted by Crippen LogP contribution is -2.37. The SMILES string of the molecule is CCCC/C=C/CCCCCCCC(=O)O[C@@H](COC(=O)CCCCCCCCCCC/C=C/C/C=C/CCCCC)COP(=O)([O-])OCC[N+](C)(C)C. The van der Waals surface area contributed by atoms with E-state index in [1.165, 1.54) is 77.0 Å². The van der Waals surface area contributed by atoms with Gasteiger partial charge in [0.1, 0.15) is 19.8 Å². The number of carbonyl (C=O) groups is 2. The third-order valence-corrected chi connectivity index (χ3v) is 10.1. The highest BCUT2D eigenvalue weighted by Gasteiger charge is 2.21. The fraction of sp³-hybridized carbons (Fsp3) is 0.818. The number of phosphoric ester groups is 1. The topological polar surface area (TPSA) is 111 Å². The largest absolute Gasteiger partial charge is 0.756 e. The molecule has 9 nitrogen and oxygen atoms in total. The lowest BCUT2D eigenvalue weighted by Gasteiger charge is -2.28. The molecule has 0 heterocycles. The molecule has 0 aromatic heterocycles. The minimum absolute atomic E-state index is 0.0333. The summed E-state index contributed by atoms with van der Waals surface area (Å²) in [6.45, 7) is 4.14. The minimum Gasteiger partial charge on any atom is -0.756 e. The van der Waals surface area contributed by atoms with E-state index < -0.39 is 32.5 Å². The number of phosphoric acid groups is 1. The van der Waals surface area contributed by atoms with Gasteiger partial charge in [0, 0.05) is 12.8 Å². The summed E-state index contributed by atoms with van der Waals surface area (Å²) >= 11 is 0. The second-order valence-electron chi connectivity index (χ2n) is 15.7. The lowest BCUT2D eigenvalue weighted by molar-refractivity contribution is -0.870. The van der Waals surface area contributed by atoms with Crippen molar-refractivity contribution in [1.82, 2.24) is 0 Å². The number of quaternary nitrogens is 1. The smallest absolute Gasteiger partial charge is 0.306 e. The molecule has 0 aliphatic rings. The van der Waals surface area contributed by atoms with Gasteiger partial charge in [-0.1, -0.05) is 140 Å². The molecule has 0 aromatic carbocycles. The zero-order valence-electron chi connectivity index (χ0n) is 35.4. The monoisotopic (exact) mass is 784 g/mol. The van der Waals surface area contributed by atoms with Crippen LogP contribution in [0, 0.1) is 0 Å². The van der Waals surface area contributed by atoms with Crippen LogP contribution in [0.1, 0.15) is 181 Å². The fourth-order valence-corrected chi connectivity index (χ4v) is 6.39. The maximum absolute atomic E-state index is 12.6. The van der Waals surface area contributed by atoms with Gasteiger partial charge in [-0.3, -0.25) is 14.2 Å². The summed E-state index contributed by atoms with van der Waals surface area (Å²) in [5.41, 5.74) is 0. The summed E-state index contributed by atoms with van der Waals surface area (Å²) in [6, 6.07) is 0. The summed E-state index contributed by atoms with van der Waals surface area (Å²) in [5, 5.41) is 0. The molecular weight excluding hydrogens is 701 g/mol. The summed E-state index contributed by atoms with van der Waals surface area (Å²) in [5.74, 6) is -0.851. The molecule has 0 radical (unpaired) electrons. The number of unbranched alkanes of at least 4 members (excludes halogenated alkanes) is 19. The number of likely N-dealkylation sites (N-methyl/N-ethyl adjacent to an activating group) is 1. The first-order chi connectivity index (χ1) is 26.0. The molecule has 0 aliphatic heterocycles. The van der Waals surface area contributed by atoms with Crippen molar-refractivity contribution in [3.05, 3.63) is 36.5 Å². The van der Waals surface area contributed by atoms with Crippen molar-refractivity contribution < 1.29 is 42.1 Å². The van der Waals surface area contributed by atoms with E-state index in [2.05, 4.69) is 50.3 Å². The Kier molecular flexibility index (Phi) is 35.6. The van der Waals surface area contributed by atoms with Gasteiger partial charge in [-0.2, -0.15) is 0 Å². The summed E-state index contributed by atoms with van der Waals surface area (Å²) in [7, 11) is 1.15. The number of carbonyl (C=O) groups excluding carboxylic acids is 2. The molecular formula is C44H82NO8P. The first-order valence-electron chi connectivity index (χ1n) is 21.7. The van der Waals surface area contributed by atoms with Gasteiger partial charge < -0.3 is 27.9 Å². The van der Waals surface area contributed by atoms with Crippen LogP contribution in [0.5, 0.6) is 0 Å². The van der Waals surface area contributed by atoms with E-state index in [-0.39, 0.29) is 26.1 Å². The van der Waals surface area contributed by atoms with Crippen LogP contribution >= 0.6 is 7.82 Å². The normalized spacial score (nSPS) is 14.0. The quantitative estimate of drug-likeness (QED) is 0.0199. The van der Waals surface area contributed by atoms with Gasteiger partial charge >= 0.3 is 11.9 Å². The van der Waals surface area contributed by atoms with Crippen molar-refractivity contribution in [2.24, 2.45) is 0 Å². The van der Waals surface area contributed by atoms with E-state index in [0.717, 1.165) is 70.6 Å². The molecule has 316 valence electrons. The summed E-state index contributed by atoms with van der Waals surface area (Å²) in [6.07, 6.45) is 40.3. The van der Waals surface area contributed by atoms with Crippen molar-refractivity contribution >= 4 is 19.8 Å². The van der Waals surface area contributed by atoms with E-state index >= 15 is 0 Å². The van der Waals surface area contributed by atoms with E-state index in [1.807, 2.05) is 21.1 Å². The Bertz CT molecular complexity index is 1020. The third kappa shape index (κ3) is 39.9. The molecule has 0 aromatic rings. The minimum atomic E-state index is -4.62. The van der Waals surface area contributed by atoms with Crippen molar-refractivity contribution in [3.63, 3.8) is 0 Å². The highest BCUT2D eigenvalue weighted by Crippen LogP contribution is 2.38. The van der Waals surface area contributed by atoms with Crippen molar-refractivity contribution in [1.29, 1.82) is 0 Å². The molecule has 1 unspecified atom stereocenters. The van der Waals surface area contributed by atoms with Gasteiger partial charge in [-0.25, -0.2) is 0 Å². The van der Waals surface area contributed by atoms with Crippen LogP contribution in [-0.2, 0) is 32.7 Å². The molecule has 0 bridgehead atoms. The molecule has 0 saturated heterocycles. The predicted octanol–water partition coefficient (Wildman–Crippen LogP) is 11.5. The number of allylic oxidation sites excluding steroid dienone is 6. The fourth-order valence-electron chi connectivity index (χ4n) is 5.66. The zero-order chi connectivity index (χ0) is 40.0. The van der Waals surface area contributed by atoms with Gasteiger partial charge in [0.05, 0.1) is 27.7 Å². The standard InChI is InChI=1S/C44H82NO8P/c1-6-8-10-12-14-16-18-19-20-21-22-23-24-25-27-28-30-32-34-36-43(46)50-40-42(41-52-54(48,49)51-39-38-45(3,4)5)53-44(47)37-35-33-31-29-26-17-15-13-11-9-7-2/h13-16,19-20,42H,6-12,17-18,21-41H2,1-5H3/b15-13+,16-14+,20-19+/t42-/m0/s1. The van der Waals surface area contributed by atoms with Gasteiger partial charge in [-0.05, 0) is 64.2 Å². The van der Waals surface area contributed by atoms with E-state index in [9.17, 15) is 19.0 Å². The Balaban J connectivity index is 4.31. The van der Waals surface area contributed by atoms with E-state index in [1.54, 1.807) is 0 Å². The molecule has 2 atom stereocenters. The predicted molar refractivity (Wildman–Crippen MR) is 222 cm³/mol. The highest BCUT2D eigenvalue weighted by molar-refractivity contribution is 7.45. The van der Waals surface area contributed by atoms with Crippen LogP contribution in [0.15, 0.2) is 36.5 Å². The molecule has 0 fully saturated rings. The van der Waals surface area contributed by atoms with Crippen LogP contribution < -0.4 is 4.89 Å². The average Bonchev–Trinajstić information content (AvgIpc) is 3.12. The first kappa shape index (κ1) is 52.2. The average molecular weight is 784 g/mol. The number of hydrogen-bond donors (Lipinski definition) is 0. The molecule has 0 N–H and O–H groups in total. The van der Waals surface area contributed by atoms with Crippen LogP contribution in [0.4, 0.5) is 0 Å². The first-order valence-corrected chi connectivity index (χ1v) is 23.2. The summed E-state index contributed by atoms with van der Waals surface area (Å²) in [4.78, 5) is 37.4. The maximum Gasteiger partial charge on any atom is 0.306 e. The second-order valence-corrected chi connectivity index (χ2v) is 17.1. The summed E-state index contributed by atoms with van der Waals surface area (Å²) < 4.78 is 33.8. The van der Waals surface area contributed by atoms with Crippen LogP contribution in [0.2, 0.25) is 0 Å². The van der Waals surface area contributed by atoms with Crippen molar-refractivity contribution in [2.45, 2.75) is 187 Å². The number of ether oxygens (including phenoxy) is 2. The molecule has 54 heavy (non-hydrogen) atoms. The van der Waals surface area contributed by atoms with Crippen LogP contribution in [0.3, 0.4) is 0 Å². The lowest BCUT2D eigenvalue weighted by atomic mass is 10.1. The Hall–Kier alpha value is -1.77. The van der Waals surface area contributed by atoms with Gasteiger partial charge in [-0.15, -0.1) is 0 Å². The van der Waals surface area contributed by atoms with E-state index in [0.29, 0.717) is 17.4 Å². The Labute approximate surface area is 331 Å². The number of esters is 2. The molecule has 0 aliphatic carbocycles. The van der Waals surface area contributed by atoms with Crippen molar-refractivity contribution in [2.75, 3.05) is 47.5 Å². The van der Waals surface area contributed by atoms with Crippen LogP contribution in [0.25, 0.3) is 0 Å². The third-order valence-electron chi connectivity index (χ3n) is 9.13. The number of nitrogens with zero attached hydrogens (tertiary/aromatic N) is 1. The molecule has 0 amide bonds. The molecule has 0 rings (SSSR count). The Morgan fingerprint density at radius 2 is 1.02 bits per heavy atom. The highest BCUT2D eigenvalue weighted by atomic mass is 31.2. The Morgan fingerprint density at radius 3 is 1.54 bits per heavy atom. The number of rotatable bonds is 39.